The number of nitrogens with zero attached hydrogens (tertiary/aromatic N) is 1. The second kappa shape index (κ2) is 5.83. The van der Waals surface area contributed by atoms with Crippen LogP contribution in [0.2, 0.25) is 0 Å². The minimum Gasteiger partial charge on any atom is -0.508 e. The number of aromatic hydroxyl groups is 1. The summed E-state index contributed by atoms with van der Waals surface area (Å²) in [6.45, 7) is 3.60. The number of amides is 1. The summed E-state index contributed by atoms with van der Waals surface area (Å²) in [5, 5.41) is 12.9. The summed E-state index contributed by atoms with van der Waals surface area (Å²) in [5.41, 5.74) is 2.35. The van der Waals surface area contributed by atoms with Crippen molar-refractivity contribution in [3.63, 3.8) is 0 Å². The number of phenols is 1. The predicted molar refractivity (Wildman–Crippen MR) is 77.4 cm³/mol. The molecule has 4 nitrogen and oxygen atoms in total. The Morgan fingerprint density at radius 2 is 2.30 bits per heavy atom. The third-order valence-electron chi connectivity index (χ3n) is 4.48. The normalized spacial score (nSPS) is 21.8. The largest absolute Gasteiger partial charge is 0.508 e. The van der Waals surface area contributed by atoms with E-state index in [9.17, 15) is 9.90 Å². The van der Waals surface area contributed by atoms with Crippen LogP contribution in [0.5, 0.6) is 5.75 Å². The molecule has 0 radical (unpaired) electrons. The molecule has 0 aromatic heterocycles. The quantitative estimate of drug-likeness (QED) is 0.881. The van der Waals surface area contributed by atoms with Crippen molar-refractivity contribution in [2.24, 2.45) is 5.92 Å². The fourth-order valence-electron chi connectivity index (χ4n) is 3.20. The highest BCUT2D eigenvalue weighted by Crippen LogP contribution is 2.24. The van der Waals surface area contributed by atoms with Gasteiger partial charge in [-0.3, -0.25) is 4.79 Å². The number of rotatable bonds is 3. The first kappa shape index (κ1) is 13.4. The second-order valence-electron chi connectivity index (χ2n) is 5.92. The monoisotopic (exact) mass is 274 g/mol. The molecule has 1 fully saturated rings. The third-order valence-corrected chi connectivity index (χ3v) is 4.48. The van der Waals surface area contributed by atoms with Gasteiger partial charge in [0.05, 0.1) is 0 Å². The molecule has 1 atom stereocenters. The highest BCUT2D eigenvalue weighted by atomic mass is 16.3. The molecule has 0 aliphatic carbocycles. The summed E-state index contributed by atoms with van der Waals surface area (Å²) in [6, 6.07) is 5.48. The third kappa shape index (κ3) is 2.96. The lowest BCUT2D eigenvalue weighted by atomic mass is 9.98. The van der Waals surface area contributed by atoms with Crippen LogP contribution in [0.25, 0.3) is 0 Å². The van der Waals surface area contributed by atoms with Crippen molar-refractivity contribution in [3.05, 3.63) is 29.3 Å². The van der Waals surface area contributed by atoms with Crippen molar-refractivity contribution in [2.45, 2.75) is 32.2 Å². The van der Waals surface area contributed by atoms with Crippen LogP contribution < -0.4 is 5.32 Å². The lowest BCUT2D eigenvalue weighted by Crippen LogP contribution is -2.36. The Bertz CT molecular complexity index is 495. The van der Waals surface area contributed by atoms with Crippen molar-refractivity contribution >= 4 is 5.91 Å². The Morgan fingerprint density at radius 1 is 1.40 bits per heavy atom. The molecule has 3 rings (SSSR count). The van der Waals surface area contributed by atoms with E-state index in [4.69, 9.17) is 0 Å². The van der Waals surface area contributed by atoms with Crippen LogP contribution in [0, 0.1) is 5.92 Å². The minimum absolute atomic E-state index is 0.255. The molecule has 0 bridgehead atoms. The predicted octanol–water partition coefficient (Wildman–Crippen LogP) is 1.67. The number of benzene rings is 1. The zero-order chi connectivity index (χ0) is 13.9. The van der Waals surface area contributed by atoms with E-state index in [-0.39, 0.29) is 11.7 Å². The van der Waals surface area contributed by atoms with Gasteiger partial charge < -0.3 is 15.3 Å². The summed E-state index contributed by atoms with van der Waals surface area (Å²) in [6.07, 6.45) is 3.74. The van der Waals surface area contributed by atoms with Gasteiger partial charge in [0, 0.05) is 19.5 Å². The number of hydrogen-bond donors (Lipinski definition) is 2. The molecule has 1 aromatic carbocycles. The Hall–Kier alpha value is -1.55. The van der Waals surface area contributed by atoms with Gasteiger partial charge in [0.1, 0.15) is 5.75 Å². The SMILES string of the molecule is O=C(CCC1CCNC1)N1CCc2ccc(O)cc2C1. The number of carbonyl (C=O) groups is 1. The van der Waals surface area contributed by atoms with Crippen molar-refractivity contribution in [1.82, 2.24) is 10.2 Å². The van der Waals surface area contributed by atoms with E-state index in [1.165, 1.54) is 12.0 Å². The first-order chi connectivity index (χ1) is 9.72. The molecule has 1 amide bonds. The zero-order valence-corrected chi connectivity index (χ0v) is 11.8. The molecular weight excluding hydrogens is 252 g/mol. The molecule has 0 saturated carbocycles. The Morgan fingerprint density at radius 3 is 3.10 bits per heavy atom. The van der Waals surface area contributed by atoms with Gasteiger partial charge in [-0.1, -0.05) is 6.07 Å². The fourth-order valence-corrected chi connectivity index (χ4v) is 3.20. The van der Waals surface area contributed by atoms with E-state index in [0.29, 0.717) is 18.9 Å². The van der Waals surface area contributed by atoms with Gasteiger partial charge in [-0.15, -0.1) is 0 Å². The Balaban J connectivity index is 1.57. The van der Waals surface area contributed by atoms with E-state index < -0.39 is 0 Å². The van der Waals surface area contributed by atoms with Crippen LogP contribution in [0.3, 0.4) is 0 Å². The molecule has 1 aromatic rings. The molecule has 1 unspecified atom stereocenters. The number of phenolic OH excluding ortho intramolecular Hbond substituents is 1. The van der Waals surface area contributed by atoms with Gasteiger partial charge in [0.15, 0.2) is 0 Å². The van der Waals surface area contributed by atoms with Crippen LogP contribution in [-0.2, 0) is 17.8 Å². The summed E-state index contributed by atoms with van der Waals surface area (Å²) in [5.74, 6) is 1.21. The lowest BCUT2D eigenvalue weighted by molar-refractivity contribution is -0.132. The average Bonchev–Trinajstić information content (AvgIpc) is 2.97. The maximum atomic E-state index is 12.3. The summed E-state index contributed by atoms with van der Waals surface area (Å²) in [4.78, 5) is 14.2. The van der Waals surface area contributed by atoms with Crippen molar-refractivity contribution < 1.29 is 9.90 Å². The van der Waals surface area contributed by atoms with Crippen molar-refractivity contribution in [1.29, 1.82) is 0 Å². The van der Waals surface area contributed by atoms with Gasteiger partial charge in [-0.05, 0) is 61.5 Å². The fraction of sp³-hybridized carbons (Fsp3) is 0.562. The maximum Gasteiger partial charge on any atom is 0.222 e. The van der Waals surface area contributed by atoms with Gasteiger partial charge in [-0.25, -0.2) is 0 Å². The van der Waals surface area contributed by atoms with E-state index in [2.05, 4.69) is 5.32 Å². The Kier molecular flexibility index (Phi) is 3.92. The summed E-state index contributed by atoms with van der Waals surface area (Å²) < 4.78 is 0. The van der Waals surface area contributed by atoms with Gasteiger partial charge >= 0.3 is 0 Å². The summed E-state index contributed by atoms with van der Waals surface area (Å²) in [7, 11) is 0. The first-order valence-electron chi connectivity index (χ1n) is 7.51. The molecule has 2 aliphatic rings. The zero-order valence-electron chi connectivity index (χ0n) is 11.8. The van der Waals surface area contributed by atoms with E-state index in [0.717, 1.165) is 38.0 Å². The van der Waals surface area contributed by atoms with Crippen LogP contribution >= 0.6 is 0 Å². The van der Waals surface area contributed by atoms with Gasteiger partial charge in [-0.2, -0.15) is 0 Å². The topological polar surface area (TPSA) is 52.6 Å². The van der Waals surface area contributed by atoms with Crippen LogP contribution in [-0.4, -0.2) is 35.5 Å². The average molecular weight is 274 g/mol. The molecule has 108 valence electrons. The number of nitrogens with one attached hydrogen (secondary N) is 1. The van der Waals surface area contributed by atoms with Crippen molar-refractivity contribution in [2.75, 3.05) is 19.6 Å². The van der Waals surface area contributed by atoms with Crippen LogP contribution in [0.15, 0.2) is 18.2 Å². The maximum absolute atomic E-state index is 12.3. The Labute approximate surface area is 119 Å². The lowest BCUT2D eigenvalue weighted by Gasteiger charge is -2.29. The molecular formula is C16H22N2O2. The standard InChI is InChI=1S/C16H22N2O2/c19-15-3-2-13-6-8-18(11-14(13)9-15)16(20)4-1-12-5-7-17-10-12/h2-3,9,12,17,19H,1,4-8,10-11H2. The van der Waals surface area contributed by atoms with Crippen molar-refractivity contribution in [3.8, 4) is 5.75 Å². The highest BCUT2D eigenvalue weighted by Gasteiger charge is 2.22. The molecule has 2 N–H and O–H groups in total. The molecule has 2 heterocycles. The van der Waals surface area contributed by atoms with Crippen LogP contribution in [0.1, 0.15) is 30.4 Å². The number of fused-ring (bicyclic) bond motifs is 1. The van der Waals surface area contributed by atoms with Gasteiger partial charge in [0.25, 0.3) is 0 Å². The molecule has 20 heavy (non-hydrogen) atoms. The second-order valence-corrected chi connectivity index (χ2v) is 5.92. The van der Waals surface area contributed by atoms with Gasteiger partial charge in [0.2, 0.25) is 5.91 Å². The number of carbonyl (C=O) groups excluding carboxylic acids is 1. The molecule has 0 spiro atoms. The first-order valence-corrected chi connectivity index (χ1v) is 7.51. The number of hydrogen-bond acceptors (Lipinski definition) is 3. The van der Waals surface area contributed by atoms with E-state index in [1.54, 1.807) is 12.1 Å². The van der Waals surface area contributed by atoms with E-state index in [1.807, 2.05) is 11.0 Å². The van der Waals surface area contributed by atoms with Crippen LogP contribution in [0.4, 0.5) is 0 Å². The minimum atomic E-state index is 0.255. The smallest absolute Gasteiger partial charge is 0.222 e. The highest BCUT2D eigenvalue weighted by molar-refractivity contribution is 5.76. The van der Waals surface area contributed by atoms with E-state index >= 15 is 0 Å². The molecule has 1 saturated heterocycles. The molecule has 4 heteroatoms. The summed E-state index contributed by atoms with van der Waals surface area (Å²) >= 11 is 0. The molecule has 2 aliphatic heterocycles.